The summed E-state index contributed by atoms with van der Waals surface area (Å²) in [7, 11) is 5.53. The molecular weight excluding hydrogens is 374 g/mol. The third-order valence-corrected chi connectivity index (χ3v) is 4.11. The van der Waals surface area contributed by atoms with Gasteiger partial charge < -0.3 is 10.1 Å². The second kappa shape index (κ2) is 6.07. The first kappa shape index (κ1) is 14.6. The number of benzene rings is 1. The van der Waals surface area contributed by atoms with Crippen molar-refractivity contribution in [2.75, 3.05) is 14.2 Å². The molecule has 19 heavy (non-hydrogen) atoms. The molecule has 0 fully saturated rings. The second-order valence-corrected chi connectivity index (χ2v) is 5.88. The minimum atomic E-state index is 0.00456. The van der Waals surface area contributed by atoms with Crippen LogP contribution in [-0.4, -0.2) is 23.9 Å². The fourth-order valence-electron chi connectivity index (χ4n) is 2.11. The lowest BCUT2D eigenvalue weighted by Crippen LogP contribution is -2.21. The minimum absolute atomic E-state index is 0.00456. The summed E-state index contributed by atoms with van der Waals surface area (Å²) >= 11 is 7.00. The fraction of sp³-hybridized carbons (Fsp3) is 0.308. The van der Waals surface area contributed by atoms with E-state index in [1.807, 2.05) is 37.0 Å². The van der Waals surface area contributed by atoms with Crippen LogP contribution in [0, 0.1) is 0 Å². The Morgan fingerprint density at radius 3 is 2.63 bits per heavy atom. The first-order valence-electron chi connectivity index (χ1n) is 5.76. The molecule has 1 unspecified atom stereocenters. The topological polar surface area (TPSA) is 39.1 Å². The normalized spacial score (nSPS) is 12.5. The van der Waals surface area contributed by atoms with Crippen molar-refractivity contribution in [3.8, 4) is 5.75 Å². The summed E-state index contributed by atoms with van der Waals surface area (Å²) < 4.78 is 9.29. The van der Waals surface area contributed by atoms with Crippen molar-refractivity contribution in [1.82, 2.24) is 15.1 Å². The first-order valence-corrected chi connectivity index (χ1v) is 7.35. The molecule has 2 aromatic rings. The van der Waals surface area contributed by atoms with E-state index < -0.39 is 0 Å². The molecule has 0 amide bonds. The van der Waals surface area contributed by atoms with Crippen molar-refractivity contribution < 1.29 is 4.74 Å². The van der Waals surface area contributed by atoms with Crippen LogP contribution in [0.25, 0.3) is 0 Å². The summed E-state index contributed by atoms with van der Waals surface area (Å²) in [5.41, 5.74) is 2.13. The van der Waals surface area contributed by atoms with Crippen LogP contribution >= 0.6 is 31.9 Å². The number of hydrogen-bond donors (Lipinski definition) is 1. The molecular formula is C13H15Br2N3O. The number of halogens is 2. The molecule has 1 aromatic carbocycles. The van der Waals surface area contributed by atoms with Gasteiger partial charge in [0.1, 0.15) is 5.75 Å². The Labute approximate surface area is 129 Å². The largest absolute Gasteiger partial charge is 0.496 e. The molecule has 0 spiro atoms. The summed E-state index contributed by atoms with van der Waals surface area (Å²) in [6, 6.07) is 6.02. The lowest BCUT2D eigenvalue weighted by molar-refractivity contribution is 0.403. The molecule has 0 aliphatic carbocycles. The predicted molar refractivity (Wildman–Crippen MR) is 82.5 cm³/mol. The van der Waals surface area contributed by atoms with Crippen LogP contribution < -0.4 is 10.1 Å². The van der Waals surface area contributed by atoms with Crippen molar-refractivity contribution in [1.29, 1.82) is 0 Å². The number of methoxy groups -OCH3 is 1. The smallest absolute Gasteiger partial charge is 0.125 e. The molecule has 1 N–H and O–H groups in total. The van der Waals surface area contributed by atoms with Crippen LogP contribution in [-0.2, 0) is 7.05 Å². The Kier molecular flexibility index (Phi) is 4.65. The number of aryl methyl sites for hydroxylation is 1. The lowest BCUT2D eigenvalue weighted by Gasteiger charge is -2.20. The van der Waals surface area contributed by atoms with Gasteiger partial charge in [-0.05, 0) is 35.1 Å². The second-order valence-electron chi connectivity index (χ2n) is 4.11. The van der Waals surface area contributed by atoms with Crippen LogP contribution in [0.2, 0.25) is 0 Å². The number of ether oxygens (including phenoxy) is 1. The lowest BCUT2D eigenvalue weighted by atomic mass is 10.0. The SMILES string of the molecule is CNC(c1ccc(Br)cc1OC)c1c(Br)cnn1C. The quantitative estimate of drug-likeness (QED) is 0.873. The molecule has 4 nitrogen and oxygen atoms in total. The summed E-state index contributed by atoms with van der Waals surface area (Å²) in [6.45, 7) is 0. The Hall–Kier alpha value is -0.850. The molecule has 0 bridgehead atoms. The Balaban J connectivity index is 2.54. The van der Waals surface area contributed by atoms with Gasteiger partial charge in [0.05, 0.1) is 29.5 Å². The van der Waals surface area contributed by atoms with Gasteiger partial charge in [0.15, 0.2) is 0 Å². The van der Waals surface area contributed by atoms with Gasteiger partial charge in [-0.15, -0.1) is 0 Å². The molecule has 0 aliphatic heterocycles. The van der Waals surface area contributed by atoms with Crippen molar-refractivity contribution >= 4 is 31.9 Å². The van der Waals surface area contributed by atoms with E-state index in [1.165, 1.54) is 0 Å². The van der Waals surface area contributed by atoms with Crippen LogP contribution in [0.15, 0.2) is 33.3 Å². The number of nitrogens with one attached hydrogen (secondary N) is 1. The third-order valence-electron chi connectivity index (χ3n) is 3.01. The maximum absolute atomic E-state index is 5.47. The number of nitrogens with zero attached hydrogens (tertiary/aromatic N) is 2. The molecule has 0 aliphatic rings. The highest BCUT2D eigenvalue weighted by molar-refractivity contribution is 9.10. The maximum Gasteiger partial charge on any atom is 0.125 e. The van der Waals surface area contributed by atoms with Gasteiger partial charge in [-0.2, -0.15) is 5.10 Å². The highest BCUT2D eigenvalue weighted by Gasteiger charge is 2.22. The van der Waals surface area contributed by atoms with Gasteiger partial charge >= 0.3 is 0 Å². The zero-order valence-corrected chi connectivity index (χ0v) is 14.1. The Bertz CT molecular complexity index is 564. The standard InChI is InChI=1S/C13H15Br2N3O/c1-16-12(13-10(15)7-17-18(13)2)9-5-4-8(14)6-11(9)19-3/h4-7,12,16H,1-3H3. The van der Waals surface area contributed by atoms with Crippen LogP contribution in [0.1, 0.15) is 17.3 Å². The third kappa shape index (κ3) is 2.85. The molecule has 6 heteroatoms. The summed E-state index contributed by atoms with van der Waals surface area (Å²) in [6.07, 6.45) is 1.80. The highest BCUT2D eigenvalue weighted by atomic mass is 79.9. The molecule has 102 valence electrons. The molecule has 1 aromatic heterocycles. The van der Waals surface area contributed by atoms with Crippen molar-refractivity contribution in [3.05, 3.63) is 44.6 Å². The van der Waals surface area contributed by atoms with Gasteiger partial charge in [-0.3, -0.25) is 4.68 Å². The summed E-state index contributed by atoms with van der Waals surface area (Å²) in [5.74, 6) is 0.835. The first-order chi connectivity index (χ1) is 9.08. The summed E-state index contributed by atoms with van der Waals surface area (Å²) in [4.78, 5) is 0. The number of aromatic nitrogens is 2. The number of rotatable bonds is 4. The van der Waals surface area contributed by atoms with E-state index >= 15 is 0 Å². The fourth-order valence-corrected chi connectivity index (χ4v) is 3.03. The highest BCUT2D eigenvalue weighted by Crippen LogP contribution is 2.34. The zero-order chi connectivity index (χ0) is 14.0. The molecule has 0 saturated heterocycles. The minimum Gasteiger partial charge on any atom is -0.496 e. The van der Waals surface area contributed by atoms with Gasteiger partial charge in [-0.1, -0.05) is 22.0 Å². The number of hydrogen-bond acceptors (Lipinski definition) is 3. The van der Waals surface area contributed by atoms with Crippen LogP contribution in [0.5, 0.6) is 5.75 Å². The van der Waals surface area contributed by atoms with E-state index in [1.54, 1.807) is 13.3 Å². The molecule has 1 atom stereocenters. The van der Waals surface area contributed by atoms with E-state index in [0.29, 0.717) is 0 Å². The van der Waals surface area contributed by atoms with Gasteiger partial charge in [0.2, 0.25) is 0 Å². The van der Waals surface area contributed by atoms with Crippen LogP contribution in [0.3, 0.4) is 0 Å². The van der Waals surface area contributed by atoms with Gasteiger partial charge in [0.25, 0.3) is 0 Å². The van der Waals surface area contributed by atoms with Crippen molar-refractivity contribution in [2.24, 2.45) is 7.05 Å². The zero-order valence-electron chi connectivity index (χ0n) is 10.9. The van der Waals surface area contributed by atoms with Crippen molar-refractivity contribution in [3.63, 3.8) is 0 Å². The predicted octanol–water partition coefficient (Wildman–Crippen LogP) is 3.26. The van der Waals surface area contributed by atoms with E-state index in [9.17, 15) is 0 Å². The average Bonchev–Trinajstić information content (AvgIpc) is 2.73. The monoisotopic (exact) mass is 387 g/mol. The van der Waals surface area contributed by atoms with Crippen molar-refractivity contribution in [2.45, 2.75) is 6.04 Å². The van der Waals surface area contributed by atoms with Gasteiger partial charge in [0, 0.05) is 17.1 Å². The van der Waals surface area contributed by atoms with Gasteiger partial charge in [-0.25, -0.2) is 0 Å². The van der Waals surface area contributed by atoms with E-state index in [0.717, 1.165) is 26.0 Å². The average molecular weight is 389 g/mol. The summed E-state index contributed by atoms with van der Waals surface area (Å²) in [5, 5.41) is 7.57. The Morgan fingerprint density at radius 1 is 1.37 bits per heavy atom. The van der Waals surface area contributed by atoms with E-state index in [4.69, 9.17) is 4.74 Å². The van der Waals surface area contributed by atoms with Crippen LogP contribution in [0.4, 0.5) is 0 Å². The van der Waals surface area contributed by atoms with E-state index in [-0.39, 0.29) is 6.04 Å². The van der Waals surface area contributed by atoms with E-state index in [2.05, 4.69) is 42.3 Å². The molecule has 2 rings (SSSR count). The molecule has 0 radical (unpaired) electrons. The molecule has 1 heterocycles. The molecule has 0 saturated carbocycles. The Morgan fingerprint density at radius 2 is 2.11 bits per heavy atom. The maximum atomic E-state index is 5.47.